The summed E-state index contributed by atoms with van der Waals surface area (Å²) in [6.45, 7) is 4.34. The van der Waals surface area contributed by atoms with Crippen LogP contribution in [-0.4, -0.2) is 50.5 Å². The minimum absolute atomic E-state index is 0.0399. The van der Waals surface area contributed by atoms with Gasteiger partial charge in [-0.05, 0) is 55.5 Å². The Kier molecular flexibility index (Phi) is 6.80. The summed E-state index contributed by atoms with van der Waals surface area (Å²) in [5, 5.41) is 8.37. The summed E-state index contributed by atoms with van der Waals surface area (Å²) in [5.41, 5.74) is 1.76. The predicted molar refractivity (Wildman–Crippen MR) is 109 cm³/mol. The summed E-state index contributed by atoms with van der Waals surface area (Å²) in [6.07, 6.45) is 0. The van der Waals surface area contributed by atoms with E-state index in [4.69, 9.17) is 4.74 Å². The van der Waals surface area contributed by atoms with Crippen molar-refractivity contribution in [2.24, 2.45) is 0 Å². The summed E-state index contributed by atoms with van der Waals surface area (Å²) in [6, 6.07) is 13.8. The molecule has 4 N–H and O–H groups in total. The molecule has 1 saturated heterocycles. The molecule has 0 spiro atoms. The van der Waals surface area contributed by atoms with Gasteiger partial charge in [0.1, 0.15) is 5.75 Å². The molecule has 1 fully saturated rings. The van der Waals surface area contributed by atoms with Gasteiger partial charge in [-0.25, -0.2) is 0 Å². The molecule has 1 unspecified atom stereocenters. The van der Waals surface area contributed by atoms with E-state index in [1.54, 1.807) is 48.5 Å². The lowest BCUT2D eigenvalue weighted by atomic mass is 10.2. The van der Waals surface area contributed by atoms with Crippen LogP contribution in [0.3, 0.4) is 0 Å². The van der Waals surface area contributed by atoms with Crippen LogP contribution in [0, 0.1) is 0 Å². The molecule has 29 heavy (non-hydrogen) atoms. The van der Waals surface area contributed by atoms with Crippen molar-refractivity contribution in [2.75, 3.05) is 43.4 Å². The van der Waals surface area contributed by atoms with Gasteiger partial charge >= 0.3 is 0 Å². The van der Waals surface area contributed by atoms with E-state index in [0.29, 0.717) is 36.6 Å². The van der Waals surface area contributed by atoms with Crippen molar-refractivity contribution < 1.29 is 24.0 Å². The largest absolute Gasteiger partial charge is 0.494 e. The van der Waals surface area contributed by atoms with Crippen LogP contribution in [0.25, 0.3) is 0 Å². The molecule has 0 saturated carbocycles. The van der Waals surface area contributed by atoms with Crippen LogP contribution in [0.1, 0.15) is 17.3 Å². The normalized spacial score (nSPS) is 15.9. The Hall–Kier alpha value is -3.39. The average Bonchev–Trinajstić information content (AvgIpc) is 2.70. The van der Waals surface area contributed by atoms with Gasteiger partial charge in [-0.15, -0.1) is 0 Å². The van der Waals surface area contributed by atoms with Gasteiger partial charge in [-0.2, -0.15) is 0 Å². The number of rotatable bonds is 7. The van der Waals surface area contributed by atoms with Crippen molar-refractivity contribution in [3.8, 4) is 5.75 Å². The van der Waals surface area contributed by atoms with E-state index < -0.39 is 0 Å². The third-order valence-electron chi connectivity index (χ3n) is 4.48. The lowest BCUT2D eigenvalue weighted by Crippen LogP contribution is -3.16. The zero-order valence-electron chi connectivity index (χ0n) is 16.3. The molecule has 1 heterocycles. The number of carbonyl (C=O) groups excluding carboxylic acids is 3. The fourth-order valence-corrected chi connectivity index (χ4v) is 3.05. The first kappa shape index (κ1) is 20.3. The molecule has 2 aromatic rings. The van der Waals surface area contributed by atoms with Crippen LogP contribution in [0.5, 0.6) is 5.75 Å². The van der Waals surface area contributed by atoms with Crippen molar-refractivity contribution >= 4 is 29.1 Å². The Morgan fingerprint density at radius 1 is 1.03 bits per heavy atom. The van der Waals surface area contributed by atoms with E-state index in [0.717, 1.165) is 17.2 Å². The van der Waals surface area contributed by atoms with Crippen molar-refractivity contribution in [1.82, 2.24) is 5.32 Å². The minimum atomic E-state index is -0.240. The number of anilines is 2. The fourth-order valence-electron chi connectivity index (χ4n) is 3.05. The highest BCUT2D eigenvalue weighted by Crippen LogP contribution is 2.17. The van der Waals surface area contributed by atoms with Gasteiger partial charge in [0.05, 0.1) is 19.7 Å². The first-order valence-corrected chi connectivity index (χ1v) is 9.58. The molecule has 1 aliphatic heterocycles. The number of ether oxygens (including phenoxy) is 1. The molecule has 3 rings (SSSR count). The van der Waals surface area contributed by atoms with Gasteiger partial charge in [-0.3, -0.25) is 14.4 Å². The van der Waals surface area contributed by atoms with Crippen LogP contribution in [-0.2, 0) is 9.59 Å². The van der Waals surface area contributed by atoms with Crippen LogP contribution >= 0.6 is 0 Å². The fraction of sp³-hybridized carbons (Fsp3) is 0.286. The Labute approximate surface area is 169 Å². The maximum atomic E-state index is 12.4. The van der Waals surface area contributed by atoms with E-state index in [9.17, 15) is 14.4 Å². The van der Waals surface area contributed by atoms with Crippen molar-refractivity contribution in [1.29, 1.82) is 0 Å². The van der Waals surface area contributed by atoms with Gasteiger partial charge in [-0.1, -0.05) is 0 Å². The monoisotopic (exact) mass is 397 g/mol. The molecule has 8 nitrogen and oxygen atoms in total. The second-order valence-corrected chi connectivity index (χ2v) is 6.74. The number of piperazine rings is 1. The molecular formula is C21H25N4O4+. The topological polar surface area (TPSA) is 101 Å². The van der Waals surface area contributed by atoms with Gasteiger partial charge < -0.3 is 25.6 Å². The molecular weight excluding hydrogens is 372 g/mol. The van der Waals surface area contributed by atoms with Gasteiger partial charge in [0.15, 0.2) is 13.1 Å². The first-order valence-electron chi connectivity index (χ1n) is 9.58. The minimum Gasteiger partial charge on any atom is -0.494 e. The van der Waals surface area contributed by atoms with Crippen molar-refractivity contribution in [3.63, 3.8) is 0 Å². The Morgan fingerprint density at radius 3 is 2.34 bits per heavy atom. The van der Waals surface area contributed by atoms with E-state index in [1.165, 1.54) is 0 Å². The number of quaternary nitrogens is 1. The third-order valence-corrected chi connectivity index (χ3v) is 4.48. The van der Waals surface area contributed by atoms with E-state index in [-0.39, 0.29) is 24.3 Å². The maximum Gasteiger partial charge on any atom is 0.279 e. The maximum absolute atomic E-state index is 12.4. The van der Waals surface area contributed by atoms with Gasteiger partial charge in [0.2, 0.25) is 0 Å². The Balaban J connectivity index is 1.51. The number of nitrogens with one attached hydrogen (secondary N) is 4. The third kappa shape index (κ3) is 6.05. The van der Waals surface area contributed by atoms with Gasteiger partial charge in [0.25, 0.3) is 17.7 Å². The molecule has 1 atom stereocenters. The summed E-state index contributed by atoms with van der Waals surface area (Å²) in [4.78, 5) is 36.9. The summed E-state index contributed by atoms with van der Waals surface area (Å²) in [5.74, 6) is 0.302. The number of amides is 3. The number of carbonyl (C=O) groups is 3. The highest BCUT2D eigenvalue weighted by Gasteiger charge is 2.22. The number of hydrogen-bond donors (Lipinski definition) is 4. The van der Waals surface area contributed by atoms with Crippen molar-refractivity contribution in [2.45, 2.75) is 6.92 Å². The summed E-state index contributed by atoms with van der Waals surface area (Å²) >= 11 is 0. The Morgan fingerprint density at radius 2 is 1.69 bits per heavy atom. The lowest BCUT2D eigenvalue weighted by molar-refractivity contribution is -0.885. The zero-order chi connectivity index (χ0) is 20.6. The molecule has 0 radical (unpaired) electrons. The molecule has 3 amide bonds. The average molecular weight is 397 g/mol. The van der Waals surface area contributed by atoms with E-state index in [1.807, 2.05) is 6.92 Å². The standard InChI is InChI=1S/C21H24N4O4/c1-2-29-18-9-7-17(8-10-18)24-21(28)15-3-5-16(6-4-15)23-20(27)14-25-12-11-22-19(26)13-25/h3-10H,2,11-14H2,1H3,(H,22,26)(H,23,27)(H,24,28)/p+1. The van der Waals surface area contributed by atoms with Gasteiger partial charge in [0, 0.05) is 16.9 Å². The van der Waals surface area contributed by atoms with E-state index in [2.05, 4.69) is 16.0 Å². The SMILES string of the molecule is CCOc1ccc(NC(=O)c2ccc(NC(=O)C[NH+]3CCNC(=O)C3)cc2)cc1. The molecule has 152 valence electrons. The first-order chi connectivity index (χ1) is 14.0. The highest BCUT2D eigenvalue weighted by molar-refractivity contribution is 6.04. The molecule has 8 heteroatoms. The summed E-state index contributed by atoms with van der Waals surface area (Å²) < 4.78 is 5.38. The smallest absolute Gasteiger partial charge is 0.279 e. The molecule has 0 aromatic heterocycles. The molecule has 1 aliphatic rings. The lowest BCUT2D eigenvalue weighted by Gasteiger charge is -2.22. The number of hydrogen-bond acceptors (Lipinski definition) is 4. The second-order valence-electron chi connectivity index (χ2n) is 6.74. The highest BCUT2D eigenvalue weighted by atomic mass is 16.5. The summed E-state index contributed by atoms with van der Waals surface area (Å²) in [7, 11) is 0. The molecule has 0 aliphatic carbocycles. The van der Waals surface area contributed by atoms with Crippen LogP contribution in [0.15, 0.2) is 48.5 Å². The van der Waals surface area contributed by atoms with Crippen molar-refractivity contribution in [3.05, 3.63) is 54.1 Å². The predicted octanol–water partition coefficient (Wildman–Crippen LogP) is 0.291. The van der Waals surface area contributed by atoms with Crippen LogP contribution in [0.4, 0.5) is 11.4 Å². The molecule has 0 bridgehead atoms. The molecule has 2 aromatic carbocycles. The zero-order valence-corrected chi connectivity index (χ0v) is 16.3. The van der Waals surface area contributed by atoms with E-state index >= 15 is 0 Å². The number of benzene rings is 2. The quantitative estimate of drug-likeness (QED) is 0.540. The van der Waals surface area contributed by atoms with Crippen LogP contribution in [0.2, 0.25) is 0 Å². The second kappa shape index (κ2) is 9.70. The van der Waals surface area contributed by atoms with Crippen LogP contribution < -0.4 is 25.6 Å². The Bertz CT molecular complexity index is 865.